The van der Waals surface area contributed by atoms with Gasteiger partial charge >= 0.3 is 18.0 Å². The number of esters is 1. The van der Waals surface area contributed by atoms with Crippen LogP contribution in [0.4, 0.5) is 10.5 Å². The summed E-state index contributed by atoms with van der Waals surface area (Å²) in [4.78, 5) is 53.5. The fourth-order valence-corrected chi connectivity index (χ4v) is 6.66. The second-order valence-electron chi connectivity index (χ2n) is 11.9. The number of nitrogens with zero attached hydrogens (tertiary/aromatic N) is 1. The van der Waals surface area contributed by atoms with Crippen molar-refractivity contribution in [1.29, 1.82) is 0 Å². The lowest BCUT2D eigenvalue weighted by Gasteiger charge is -2.37. The minimum absolute atomic E-state index is 0.0601. The summed E-state index contributed by atoms with van der Waals surface area (Å²) in [5, 5.41) is 12.7. The molecule has 2 aliphatic rings. The van der Waals surface area contributed by atoms with E-state index in [0.29, 0.717) is 43.7 Å². The SMILES string of the molecule is COC(=O)C(NC(=O)OC1CCC(N(C(=O)CCCC(C)C)c2cc(C3=CCCCC3)sc2C(=O)O)CC1)C(C)C. The number of thiophene rings is 1. The summed E-state index contributed by atoms with van der Waals surface area (Å²) in [6.45, 7) is 7.87. The highest BCUT2D eigenvalue weighted by Gasteiger charge is 2.35. The summed E-state index contributed by atoms with van der Waals surface area (Å²) in [6, 6.07) is 0.911. The third kappa shape index (κ3) is 9.05. The van der Waals surface area contributed by atoms with E-state index in [1.54, 1.807) is 4.90 Å². The van der Waals surface area contributed by atoms with Crippen LogP contribution in [0, 0.1) is 11.8 Å². The molecule has 228 valence electrons. The highest BCUT2D eigenvalue weighted by atomic mass is 32.1. The van der Waals surface area contributed by atoms with E-state index in [4.69, 9.17) is 9.47 Å². The van der Waals surface area contributed by atoms with Crippen molar-refractivity contribution in [2.45, 2.75) is 117 Å². The zero-order chi connectivity index (χ0) is 30.1. The molecule has 0 aliphatic heterocycles. The molecule has 1 aromatic rings. The smallest absolute Gasteiger partial charge is 0.408 e. The molecule has 0 saturated heterocycles. The summed E-state index contributed by atoms with van der Waals surface area (Å²) in [5.41, 5.74) is 1.65. The maximum absolute atomic E-state index is 13.7. The Kier molecular flexibility index (Phi) is 12.2. The van der Waals surface area contributed by atoms with Crippen LogP contribution < -0.4 is 10.2 Å². The van der Waals surface area contributed by atoms with Crippen LogP contribution in [0.25, 0.3) is 5.57 Å². The zero-order valence-corrected chi connectivity index (χ0v) is 25.9. The van der Waals surface area contributed by atoms with Gasteiger partial charge in [0.1, 0.15) is 17.0 Å². The number of allylic oxidation sites excluding steroid dienone is 2. The van der Waals surface area contributed by atoms with Gasteiger partial charge < -0.3 is 24.8 Å². The van der Waals surface area contributed by atoms with Crippen molar-refractivity contribution in [3.8, 4) is 0 Å². The summed E-state index contributed by atoms with van der Waals surface area (Å²) >= 11 is 1.26. The second-order valence-corrected chi connectivity index (χ2v) is 12.9. The van der Waals surface area contributed by atoms with Crippen LogP contribution >= 0.6 is 11.3 Å². The second kappa shape index (κ2) is 15.4. The van der Waals surface area contributed by atoms with Crippen molar-refractivity contribution in [2.75, 3.05) is 12.0 Å². The third-order valence-electron chi connectivity index (χ3n) is 7.89. The van der Waals surface area contributed by atoms with Gasteiger partial charge in [-0.05, 0) is 81.3 Å². The van der Waals surface area contributed by atoms with Gasteiger partial charge in [-0.3, -0.25) is 4.79 Å². The Bertz CT molecular complexity index is 1100. The largest absolute Gasteiger partial charge is 0.477 e. The molecule has 1 atom stereocenters. The molecule has 1 fully saturated rings. The number of anilines is 1. The zero-order valence-electron chi connectivity index (χ0n) is 25.1. The number of aromatic carboxylic acids is 1. The van der Waals surface area contributed by atoms with Gasteiger partial charge in [0.2, 0.25) is 5.91 Å². The number of alkyl carbamates (subject to hydrolysis) is 1. The first-order valence-electron chi connectivity index (χ1n) is 14.9. The summed E-state index contributed by atoms with van der Waals surface area (Å²) in [6.07, 6.45) is 9.51. The topological polar surface area (TPSA) is 122 Å². The van der Waals surface area contributed by atoms with Crippen LogP contribution in [-0.2, 0) is 19.1 Å². The van der Waals surface area contributed by atoms with Crippen molar-refractivity contribution in [3.63, 3.8) is 0 Å². The summed E-state index contributed by atoms with van der Waals surface area (Å²) < 4.78 is 10.4. The van der Waals surface area contributed by atoms with Gasteiger partial charge in [-0.25, -0.2) is 14.4 Å². The van der Waals surface area contributed by atoms with Crippen LogP contribution in [0.2, 0.25) is 0 Å². The Hall–Kier alpha value is -2.88. The number of carboxylic acids is 1. The van der Waals surface area contributed by atoms with E-state index in [0.717, 1.165) is 49.0 Å². The maximum Gasteiger partial charge on any atom is 0.408 e. The van der Waals surface area contributed by atoms with Crippen LogP contribution in [0.3, 0.4) is 0 Å². The molecular weight excluding hydrogens is 544 g/mol. The summed E-state index contributed by atoms with van der Waals surface area (Å²) in [5.74, 6) is -1.29. The van der Waals surface area contributed by atoms with Gasteiger partial charge in [-0.1, -0.05) is 40.2 Å². The van der Waals surface area contributed by atoms with Crippen molar-refractivity contribution < 1.29 is 33.8 Å². The lowest BCUT2D eigenvalue weighted by Crippen LogP contribution is -2.47. The molecule has 0 radical (unpaired) electrons. The van der Waals surface area contributed by atoms with E-state index in [1.165, 1.54) is 18.4 Å². The van der Waals surface area contributed by atoms with Gasteiger partial charge in [0.15, 0.2) is 0 Å². The number of hydrogen-bond acceptors (Lipinski definition) is 7. The van der Waals surface area contributed by atoms with E-state index >= 15 is 0 Å². The average molecular weight is 591 g/mol. The van der Waals surface area contributed by atoms with E-state index in [9.17, 15) is 24.3 Å². The molecule has 1 aromatic heterocycles. The normalized spacial score (nSPS) is 19.8. The first kappa shape index (κ1) is 32.6. The Morgan fingerprint density at radius 3 is 2.37 bits per heavy atom. The monoisotopic (exact) mass is 590 g/mol. The van der Waals surface area contributed by atoms with Gasteiger partial charge in [-0.15, -0.1) is 11.3 Å². The number of hydrogen-bond donors (Lipinski definition) is 2. The molecule has 0 spiro atoms. The first-order valence-corrected chi connectivity index (χ1v) is 15.8. The standard InChI is InChI=1S/C31H46N2O7S/c1-19(2)10-9-13-26(34)33(24-18-25(41-28(24)29(35)36)21-11-7-6-8-12-21)22-14-16-23(17-15-22)40-31(38)32-27(20(3)4)30(37)39-5/h11,18-20,22-23,27H,6-10,12-17H2,1-5H3,(H,32,38)(H,35,36). The van der Waals surface area contributed by atoms with Gasteiger partial charge in [-0.2, -0.15) is 0 Å². The number of ether oxygens (including phenoxy) is 2. The highest BCUT2D eigenvalue weighted by molar-refractivity contribution is 7.15. The van der Waals surface area contributed by atoms with E-state index in [1.807, 2.05) is 19.9 Å². The Labute approximate surface area is 247 Å². The first-order chi connectivity index (χ1) is 19.5. The molecule has 0 bridgehead atoms. The molecule has 0 aromatic carbocycles. The molecule has 2 aliphatic carbocycles. The summed E-state index contributed by atoms with van der Waals surface area (Å²) in [7, 11) is 1.28. The number of carboxylic acid groups (broad SMARTS) is 1. The number of nitrogens with one attached hydrogen (secondary N) is 1. The minimum Gasteiger partial charge on any atom is -0.477 e. The van der Waals surface area contributed by atoms with Crippen molar-refractivity contribution in [2.24, 2.45) is 11.8 Å². The van der Waals surface area contributed by atoms with Crippen LogP contribution in [0.5, 0.6) is 0 Å². The quantitative estimate of drug-likeness (QED) is 0.257. The number of amides is 2. The number of rotatable bonds is 12. The lowest BCUT2D eigenvalue weighted by molar-refractivity contribution is -0.144. The highest BCUT2D eigenvalue weighted by Crippen LogP contribution is 2.40. The fourth-order valence-electron chi connectivity index (χ4n) is 5.61. The van der Waals surface area contributed by atoms with Crippen LogP contribution in [0.1, 0.15) is 113 Å². The van der Waals surface area contributed by atoms with Gasteiger partial charge in [0.25, 0.3) is 0 Å². The maximum atomic E-state index is 13.7. The molecule has 1 heterocycles. The molecule has 41 heavy (non-hydrogen) atoms. The Morgan fingerprint density at radius 2 is 1.80 bits per heavy atom. The molecular formula is C31H46N2O7S. The van der Waals surface area contributed by atoms with Crippen molar-refractivity contribution in [1.82, 2.24) is 5.32 Å². The van der Waals surface area contributed by atoms with E-state index in [-0.39, 0.29) is 28.8 Å². The van der Waals surface area contributed by atoms with E-state index in [2.05, 4.69) is 25.2 Å². The molecule has 10 heteroatoms. The minimum atomic E-state index is -1.02. The van der Waals surface area contributed by atoms with Crippen LogP contribution in [0.15, 0.2) is 12.1 Å². The predicted octanol–water partition coefficient (Wildman–Crippen LogP) is 6.80. The number of carbonyl (C=O) groups is 4. The molecule has 2 N–H and O–H groups in total. The van der Waals surface area contributed by atoms with E-state index < -0.39 is 24.1 Å². The molecule has 1 saturated carbocycles. The number of carbonyl (C=O) groups excluding carboxylic acids is 3. The Morgan fingerprint density at radius 1 is 1.10 bits per heavy atom. The molecule has 2 amide bonds. The fraction of sp³-hybridized carbons (Fsp3) is 0.677. The Balaban J connectivity index is 1.77. The molecule has 9 nitrogen and oxygen atoms in total. The lowest BCUT2D eigenvalue weighted by atomic mass is 9.90. The molecule has 1 unspecified atom stereocenters. The van der Waals surface area contributed by atoms with Crippen LogP contribution in [-0.4, -0.2) is 54.3 Å². The van der Waals surface area contributed by atoms with Gasteiger partial charge in [0.05, 0.1) is 12.8 Å². The number of methoxy groups -OCH3 is 1. The third-order valence-corrected chi connectivity index (χ3v) is 9.08. The van der Waals surface area contributed by atoms with Crippen molar-refractivity contribution >= 4 is 46.5 Å². The predicted molar refractivity (Wildman–Crippen MR) is 160 cm³/mol. The van der Waals surface area contributed by atoms with Gasteiger partial charge in [0, 0.05) is 17.3 Å². The molecule has 3 rings (SSSR count). The average Bonchev–Trinajstić information content (AvgIpc) is 3.38. The van der Waals surface area contributed by atoms with Crippen molar-refractivity contribution in [3.05, 3.63) is 21.9 Å².